The summed E-state index contributed by atoms with van der Waals surface area (Å²) in [6.07, 6.45) is -0.890. The molecule has 2 N–H and O–H groups in total. The van der Waals surface area contributed by atoms with Gasteiger partial charge in [-0.3, -0.25) is 4.79 Å². The molecule has 0 bridgehead atoms. The third-order valence-corrected chi connectivity index (χ3v) is 4.89. The summed E-state index contributed by atoms with van der Waals surface area (Å²) in [6, 6.07) is 6.81. The number of rotatable bonds is 8. The summed E-state index contributed by atoms with van der Waals surface area (Å²) in [5, 5.41) is 18.4. The highest BCUT2D eigenvalue weighted by Crippen LogP contribution is 2.36. The van der Waals surface area contributed by atoms with Crippen molar-refractivity contribution in [3.8, 4) is 5.75 Å². The van der Waals surface area contributed by atoms with E-state index in [1.54, 1.807) is 26.2 Å². The number of aliphatic hydroxyl groups is 2. The van der Waals surface area contributed by atoms with E-state index in [2.05, 4.69) is 0 Å². The summed E-state index contributed by atoms with van der Waals surface area (Å²) >= 11 is 1.98. The molecule has 0 saturated carbocycles. The molecule has 0 heterocycles. The molecule has 29 heavy (non-hydrogen) atoms. The van der Waals surface area contributed by atoms with Gasteiger partial charge in [0.05, 0.1) is 30.7 Å². The average molecular weight is 520 g/mol. The standard InChI is InChI=1S/C20H23F2IN2O4/c1-24(2)20(28)19-17(25(3)16-5-4-13(23)10-15(16)22)8-12(21)9-18(19)29-7-6-14(27)11-26/h4-5,8-10,14,26-27H,6-7,11H2,1-3H3. The third-order valence-electron chi connectivity index (χ3n) is 4.22. The van der Waals surface area contributed by atoms with Gasteiger partial charge < -0.3 is 24.7 Å². The Labute approximate surface area is 181 Å². The molecule has 0 aliphatic rings. The van der Waals surface area contributed by atoms with Crippen molar-refractivity contribution in [3.05, 3.63) is 51.1 Å². The molecule has 1 unspecified atom stereocenters. The zero-order valence-electron chi connectivity index (χ0n) is 16.3. The second kappa shape index (κ2) is 10.2. The van der Waals surface area contributed by atoms with Crippen molar-refractivity contribution in [2.24, 2.45) is 0 Å². The zero-order valence-corrected chi connectivity index (χ0v) is 18.5. The summed E-state index contributed by atoms with van der Waals surface area (Å²) < 4.78 is 35.1. The van der Waals surface area contributed by atoms with E-state index in [1.165, 1.54) is 22.9 Å². The molecule has 0 fully saturated rings. The van der Waals surface area contributed by atoms with Crippen LogP contribution in [0.15, 0.2) is 30.3 Å². The van der Waals surface area contributed by atoms with Crippen LogP contribution in [0.5, 0.6) is 5.75 Å². The minimum absolute atomic E-state index is 0.0263. The van der Waals surface area contributed by atoms with Crippen LogP contribution in [0.2, 0.25) is 0 Å². The predicted molar refractivity (Wildman–Crippen MR) is 115 cm³/mol. The number of amides is 1. The van der Waals surface area contributed by atoms with Gasteiger partial charge in [0.15, 0.2) is 0 Å². The van der Waals surface area contributed by atoms with Crippen molar-refractivity contribution >= 4 is 39.9 Å². The number of carbonyl (C=O) groups is 1. The molecule has 0 aliphatic carbocycles. The Bertz CT molecular complexity index is 880. The number of aliphatic hydroxyl groups excluding tert-OH is 2. The summed E-state index contributed by atoms with van der Waals surface area (Å²) in [5.41, 5.74) is 0.377. The smallest absolute Gasteiger partial charge is 0.259 e. The minimum atomic E-state index is -0.986. The summed E-state index contributed by atoms with van der Waals surface area (Å²) in [5.74, 6) is -1.65. The van der Waals surface area contributed by atoms with Crippen LogP contribution in [0.3, 0.4) is 0 Å². The highest BCUT2D eigenvalue weighted by molar-refractivity contribution is 14.1. The average Bonchev–Trinajstić information content (AvgIpc) is 2.66. The molecule has 0 radical (unpaired) electrons. The quantitative estimate of drug-likeness (QED) is 0.524. The highest BCUT2D eigenvalue weighted by Gasteiger charge is 2.25. The summed E-state index contributed by atoms with van der Waals surface area (Å²) in [4.78, 5) is 15.5. The van der Waals surface area contributed by atoms with Crippen molar-refractivity contribution < 1.29 is 28.5 Å². The van der Waals surface area contributed by atoms with Gasteiger partial charge in [-0.2, -0.15) is 0 Å². The molecule has 0 aliphatic heterocycles. The van der Waals surface area contributed by atoms with Gasteiger partial charge in [0, 0.05) is 37.2 Å². The van der Waals surface area contributed by atoms with Gasteiger partial charge in [0.25, 0.3) is 5.91 Å². The van der Waals surface area contributed by atoms with Crippen molar-refractivity contribution in [1.82, 2.24) is 4.90 Å². The maximum Gasteiger partial charge on any atom is 0.259 e. The van der Waals surface area contributed by atoms with Crippen LogP contribution in [-0.2, 0) is 0 Å². The third kappa shape index (κ3) is 5.77. The number of nitrogens with zero attached hydrogens (tertiary/aromatic N) is 2. The number of benzene rings is 2. The van der Waals surface area contributed by atoms with E-state index >= 15 is 0 Å². The number of anilines is 2. The second-order valence-corrected chi connectivity index (χ2v) is 7.87. The molecule has 0 aromatic heterocycles. The van der Waals surface area contributed by atoms with Crippen LogP contribution in [0.1, 0.15) is 16.8 Å². The Morgan fingerprint density at radius 3 is 2.45 bits per heavy atom. The van der Waals surface area contributed by atoms with Gasteiger partial charge in [0.2, 0.25) is 0 Å². The first kappa shape index (κ1) is 23.3. The van der Waals surface area contributed by atoms with Gasteiger partial charge in [-0.1, -0.05) is 0 Å². The molecule has 0 saturated heterocycles. The Hall–Kier alpha value is -1.98. The van der Waals surface area contributed by atoms with Gasteiger partial charge in [-0.05, 0) is 46.9 Å². The SMILES string of the molecule is CN(C)C(=O)c1c(OCCC(O)CO)cc(F)cc1N(C)c1ccc(I)cc1F. The molecular formula is C20H23F2IN2O4. The van der Waals surface area contributed by atoms with Crippen molar-refractivity contribution in [3.63, 3.8) is 0 Å². The lowest BCUT2D eigenvalue weighted by atomic mass is 10.1. The number of ether oxygens (including phenoxy) is 1. The van der Waals surface area contributed by atoms with E-state index in [4.69, 9.17) is 9.84 Å². The highest BCUT2D eigenvalue weighted by atomic mass is 127. The maximum absolute atomic E-state index is 14.5. The Kier molecular flexibility index (Phi) is 8.17. The first-order chi connectivity index (χ1) is 13.6. The molecule has 6 nitrogen and oxygen atoms in total. The number of hydrogen-bond donors (Lipinski definition) is 2. The molecule has 2 rings (SSSR count). The first-order valence-corrected chi connectivity index (χ1v) is 9.89. The lowest BCUT2D eigenvalue weighted by molar-refractivity contribution is 0.0743. The van der Waals surface area contributed by atoms with Crippen LogP contribution >= 0.6 is 22.6 Å². The Balaban J connectivity index is 2.53. The molecule has 9 heteroatoms. The van der Waals surface area contributed by atoms with E-state index in [-0.39, 0.29) is 35.7 Å². The fourth-order valence-corrected chi connectivity index (χ4v) is 3.12. The number of halogens is 3. The Morgan fingerprint density at radius 1 is 1.17 bits per heavy atom. The van der Waals surface area contributed by atoms with Crippen LogP contribution in [0.25, 0.3) is 0 Å². The fourth-order valence-electron chi connectivity index (χ4n) is 2.66. The number of hydrogen-bond acceptors (Lipinski definition) is 5. The van der Waals surface area contributed by atoms with Crippen LogP contribution in [0, 0.1) is 15.2 Å². The van der Waals surface area contributed by atoms with Crippen LogP contribution < -0.4 is 9.64 Å². The first-order valence-electron chi connectivity index (χ1n) is 8.81. The predicted octanol–water partition coefficient (Wildman–Crippen LogP) is 3.16. The van der Waals surface area contributed by atoms with Gasteiger partial charge >= 0.3 is 0 Å². The Morgan fingerprint density at radius 2 is 1.86 bits per heavy atom. The van der Waals surface area contributed by atoms with E-state index in [0.29, 0.717) is 3.57 Å². The summed E-state index contributed by atoms with van der Waals surface area (Å²) in [7, 11) is 4.62. The van der Waals surface area contributed by atoms with Crippen LogP contribution in [-0.4, -0.2) is 61.5 Å². The van der Waals surface area contributed by atoms with E-state index < -0.39 is 30.3 Å². The van der Waals surface area contributed by atoms with Crippen molar-refractivity contribution in [2.45, 2.75) is 12.5 Å². The molecular weight excluding hydrogens is 497 g/mol. The van der Waals surface area contributed by atoms with E-state index in [9.17, 15) is 18.7 Å². The molecule has 2 aromatic rings. The largest absolute Gasteiger partial charge is 0.492 e. The lowest BCUT2D eigenvalue weighted by Gasteiger charge is -2.26. The maximum atomic E-state index is 14.5. The molecule has 2 aromatic carbocycles. The molecule has 1 amide bonds. The van der Waals surface area contributed by atoms with E-state index in [1.807, 2.05) is 22.6 Å². The van der Waals surface area contributed by atoms with E-state index in [0.717, 1.165) is 12.1 Å². The van der Waals surface area contributed by atoms with Gasteiger partial charge in [-0.25, -0.2) is 8.78 Å². The molecule has 158 valence electrons. The topological polar surface area (TPSA) is 73.2 Å². The van der Waals surface area contributed by atoms with Crippen molar-refractivity contribution in [2.75, 3.05) is 39.3 Å². The van der Waals surface area contributed by atoms with Crippen LogP contribution in [0.4, 0.5) is 20.2 Å². The molecule has 1 atom stereocenters. The van der Waals surface area contributed by atoms with Gasteiger partial charge in [0.1, 0.15) is 22.9 Å². The summed E-state index contributed by atoms with van der Waals surface area (Å²) in [6.45, 7) is -0.476. The zero-order chi connectivity index (χ0) is 21.7. The van der Waals surface area contributed by atoms with Crippen molar-refractivity contribution in [1.29, 1.82) is 0 Å². The monoisotopic (exact) mass is 520 g/mol. The lowest BCUT2D eigenvalue weighted by Crippen LogP contribution is -2.26. The minimum Gasteiger partial charge on any atom is -0.492 e. The fraction of sp³-hybridized carbons (Fsp3) is 0.350. The second-order valence-electron chi connectivity index (χ2n) is 6.63. The van der Waals surface area contributed by atoms with Gasteiger partial charge in [-0.15, -0.1) is 0 Å². The normalized spacial score (nSPS) is 11.9. The molecule has 0 spiro atoms. The number of carbonyl (C=O) groups excluding carboxylic acids is 1.